The molecule has 1 atom stereocenters. The number of amides is 1. The molecule has 1 aliphatic rings. The number of hydrogen-bond acceptors (Lipinski definition) is 4. The van der Waals surface area contributed by atoms with E-state index in [1.54, 1.807) is 4.90 Å². The Balaban J connectivity index is 1.86. The standard InChI is InChI=1S/C13H15IN2O4/c14-9-2-1-3-10(6-9)15-12(17)8-16-4-5-20-11(7-16)13(18)19/h1-3,6,11H,4-5,7-8H2,(H,15,17)(H,18,19). The van der Waals surface area contributed by atoms with Gasteiger partial charge in [-0.3, -0.25) is 9.69 Å². The zero-order chi connectivity index (χ0) is 14.5. The number of hydrogen-bond donors (Lipinski definition) is 2. The van der Waals surface area contributed by atoms with E-state index in [9.17, 15) is 9.59 Å². The lowest BCUT2D eigenvalue weighted by Crippen LogP contribution is -2.48. The Bertz CT molecular complexity index is 509. The van der Waals surface area contributed by atoms with Crippen LogP contribution in [0.5, 0.6) is 0 Å². The molecule has 2 rings (SSSR count). The number of ether oxygens (including phenoxy) is 1. The Hall–Kier alpha value is -1.19. The number of rotatable bonds is 4. The average Bonchev–Trinajstić information content (AvgIpc) is 2.38. The monoisotopic (exact) mass is 390 g/mol. The van der Waals surface area contributed by atoms with Gasteiger partial charge in [-0.2, -0.15) is 0 Å². The molecule has 0 saturated carbocycles. The summed E-state index contributed by atoms with van der Waals surface area (Å²) < 4.78 is 6.15. The summed E-state index contributed by atoms with van der Waals surface area (Å²) in [6, 6.07) is 7.50. The van der Waals surface area contributed by atoms with Crippen LogP contribution in [0, 0.1) is 3.57 Å². The molecule has 1 heterocycles. The van der Waals surface area contributed by atoms with Gasteiger partial charge in [0.25, 0.3) is 0 Å². The van der Waals surface area contributed by atoms with E-state index in [1.807, 2.05) is 24.3 Å². The zero-order valence-corrected chi connectivity index (χ0v) is 12.9. The van der Waals surface area contributed by atoms with Crippen molar-refractivity contribution in [3.63, 3.8) is 0 Å². The van der Waals surface area contributed by atoms with Crippen LogP contribution in [-0.4, -0.2) is 54.2 Å². The lowest BCUT2D eigenvalue weighted by molar-refractivity contribution is -0.156. The Morgan fingerprint density at radius 2 is 2.30 bits per heavy atom. The van der Waals surface area contributed by atoms with Crippen molar-refractivity contribution in [1.82, 2.24) is 4.90 Å². The van der Waals surface area contributed by atoms with Crippen LogP contribution < -0.4 is 5.32 Å². The van der Waals surface area contributed by atoms with Crippen molar-refractivity contribution < 1.29 is 19.4 Å². The predicted molar refractivity (Wildman–Crippen MR) is 81.6 cm³/mol. The zero-order valence-electron chi connectivity index (χ0n) is 10.7. The minimum absolute atomic E-state index is 0.155. The number of aliphatic carboxylic acids is 1. The third kappa shape index (κ3) is 4.43. The van der Waals surface area contributed by atoms with Crippen molar-refractivity contribution in [2.75, 3.05) is 31.6 Å². The summed E-state index contributed by atoms with van der Waals surface area (Å²) in [5.41, 5.74) is 0.741. The molecule has 6 nitrogen and oxygen atoms in total. The number of carbonyl (C=O) groups is 2. The molecule has 1 unspecified atom stereocenters. The van der Waals surface area contributed by atoms with Crippen LogP contribution in [0.15, 0.2) is 24.3 Å². The molecule has 1 fully saturated rings. The molecule has 0 radical (unpaired) electrons. The van der Waals surface area contributed by atoms with Gasteiger partial charge >= 0.3 is 5.97 Å². The van der Waals surface area contributed by atoms with Crippen molar-refractivity contribution in [2.45, 2.75) is 6.10 Å². The molecule has 20 heavy (non-hydrogen) atoms. The fourth-order valence-electron chi connectivity index (χ4n) is 1.97. The van der Waals surface area contributed by atoms with Gasteiger partial charge in [-0.05, 0) is 40.8 Å². The maximum Gasteiger partial charge on any atom is 0.334 e. The number of carbonyl (C=O) groups excluding carboxylic acids is 1. The largest absolute Gasteiger partial charge is 0.479 e. The Kier molecular flexibility index (Phi) is 5.32. The van der Waals surface area contributed by atoms with E-state index in [2.05, 4.69) is 27.9 Å². The number of benzene rings is 1. The van der Waals surface area contributed by atoms with Gasteiger partial charge in [0.15, 0.2) is 6.10 Å². The first-order valence-corrected chi connectivity index (χ1v) is 7.24. The highest BCUT2D eigenvalue weighted by Crippen LogP contribution is 2.12. The van der Waals surface area contributed by atoms with Crippen LogP contribution in [0.3, 0.4) is 0 Å². The fraction of sp³-hybridized carbons (Fsp3) is 0.385. The quantitative estimate of drug-likeness (QED) is 0.751. The van der Waals surface area contributed by atoms with E-state index in [1.165, 1.54) is 0 Å². The molecule has 1 aromatic rings. The predicted octanol–water partition coefficient (Wildman–Crippen LogP) is 1.02. The van der Waals surface area contributed by atoms with Gasteiger partial charge < -0.3 is 15.2 Å². The molecule has 0 aliphatic carbocycles. The highest BCUT2D eigenvalue weighted by molar-refractivity contribution is 14.1. The summed E-state index contributed by atoms with van der Waals surface area (Å²) in [4.78, 5) is 24.6. The van der Waals surface area contributed by atoms with E-state index in [0.29, 0.717) is 13.2 Å². The second kappa shape index (κ2) is 7.00. The maximum absolute atomic E-state index is 11.9. The molecule has 1 saturated heterocycles. The van der Waals surface area contributed by atoms with Gasteiger partial charge in [0.1, 0.15) is 0 Å². The molecule has 1 aliphatic heterocycles. The van der Waals surface area contributed by atoms with Crippen molar-refractivity contribution >= 4 is 40.2 Å². The molecule has 0 bridgehead atoms. The SMILES string of the molecule is O=C(CN1CCOC(C(=O)O)C1)Nc1cccc(I)c1. The Morgan fingerprint density at radius 3 is 3.00 bits per heavy atom. The van der Waals surface area contributed by atoms with Crippen LogP contribution >= 0.6 is 22.6 Å². The lowest BCUT2D eigenvalue weighted by Gasteiger charge is -2.30. The van der Waals surface area contributed by atoms with Gasteiger partial charge in [0.05, 0.1) is 13.2 Å². The molecular formula is C13H15IN2O4. The number of nitrogens with one attached hydrogen (secondary N) is 1. The third-order valence-corrected chi connectivity index (χ3v) is 3.57. The number of carboxylic acids is 1. The average molecular weight is 390 g/mol. The van der Waals surface area contributed by atoms with Gasteiger partial charge in [-0.15, -0.1) is 0 Å². The van der Waals surface area contributed by atoms with Crippen LogP contribution in [0.25, 0.3) is 0 Å². The lowest BCUT2D eigenvalue weighted by atomic mass is 10.2. The number of morpholine rings is 1. The summed E-state index contributed by atoms with van der Waals surface area (Å²) >= 11 is 2.17. The van der Waals surface area contributed by atoms with Crippen molar-refractivity contribution in [2.24, 2.45) is 0 Å². The van der Waals surface area contributed by atoms with Crippen molar-refractivity contribution in [3.05, 3.63) is 27.8 Å². The number of carboxylic acid groups (broad SMARTS) is 1. The van der Waals surface area contributed by atoms with E-state index in [4.69, 9.17) is 9.84 Å². The van der Waals surface area contributed by atoms with Gasteiger partial charge in [-0.25, -0.2) is 4.79 Å². The summed E-state index contributed by atoms with van der Waals surface area (Å²) in [6.45, 7) is 1.28. The molecule has 108 valence electrons. The Morgan fingerprint density at radius 1 is 1.50 bits per heavy atom. The van der Waals surface area contributed by atoms with E-state index >= 15 is 0 Å². The minimum atomic E-state index is -0.993. The highest BCUT2D eigenvalue weighted by atomic mass is 127. The molecule has 7 heteroatoms. The van der Waals surface area contributed by atoms with E-state index in [-0.39, 0.29) is 19.0 Å². The summed E-state index contributed by atoms with van der Waals surface area (Å²) in [6.07, 6.45) is -0.853. The molecule has 0 aromatic heterocycles. The number of anilines is 1. The van der Waals surface area contributed by atoms with Crippen LogP contribution in [0.1, 0.15) is 0 Å². The number of halogens is 1. The molecule has 0 spiro atoms. The smallest absolute Gasteiger partial charge is 0.334 e. The van der Waals surface area contributed by atoms with Crippen LogP contribution in [0.4, 0.5) is 5.69 Å². The molecule has 1 aromatic carbocycles. The third-order valence-electron chi connectivity index (χ3n) is 2.90. The maximum atomic E-state index is 11.9. The first-order valence-electron chi connectivity index (χ1n) is 6.17. The van der Waals surface area contributed by atoms with Gasteiger partial charge in [-0.1, -0.05) is 6.07 Å². The summed E-state index contributed by atoms with van der Waals surface area (Å²) in [7, 11) is 0. The summed E-state index contributed by atoms with van der Waals surface area (Å²) in [5.74, 6) is -1.15. The van der Waals surface area contributed by atoms with Crippen molar-refractivity contribution in [3.8, 4) is 0 Å². The molecule has 2 N–H and O–H groups in total. The van der Waals surface area contributed by atoms with Gasteiger partial charge in [0.2, 0.25) is 5.91 Å². The fourth-order valence-corrected chi connectivity index (χ4v) is 2.51. The van der Waals surface area contributed by atoms with Crippen LogP contribution in [-0.2, 0) is 14.3 Å². The Labute approximate surface area is 130 Å². The van der Waals surface area contributed by atoms with E-state index in [0.717, 1.165) is 9.26 Å². The summed E-state index contributed by atoms with van der Waals surface area (Å²) in [5, 5.41) is 11.7. The normalized spacial score (nSPS) is 19.6. The number of nitrogens with zero attached hydrogens (tertiary/aromatic N) is 1. The molecule has 1 amide bonds. The highest BCUT2D eigenvalue weighted by Gasteiger charge is 2.27. The molecular weight excluding hydrogens is 375 g/mol. The second-order valence-electron chi connectivity index (χ2n) is 4.49. The second-order valence-corrected chi connectivity index (χ2v) is 5.74. The van der Waals surface area contributed by atoms with Crippen LogP contribution in [0.2, 0.25) is 0 Å². The minimum Gasteiger partial charge on any atom is -0.479 e. The van der Waals surface area contributed by atoms with Crippen molar-refractivity contribution in [1.29, 1.82) is 0 Å². The topological polar surface area (TPSA) is 78.9 Å². The first-order chi connectivity index (χ1) is 9.54. The van der Waals surface area contributed by atoms with E-state index < -0.39 is 12.1 Å². The first kappa shape index (κ1) is 15.2. The van der Waals surface area contributed by atoms with Gasteiger partial charge in [0, 0.05) is 22.3 Å².